The Balaban J connectivity index is 1.73. The van der Waals surface area contributed by atoms with Crippen molar-refractivity contribution in [1.29, 1.82) is 0 Å². The summed E-state index contributed by atoms with van der Waals surface area (Å²) in [5.74, 6) is 0.329. The third kappa shape index (κ3) is 5.88. The maximum Gasteiger partial charge on any atom is 0.305 e. The molecule has 1 aliphatic rings. The van der Waals surface area contributed by atoms with Gasteiger partial charge < -0.3 is 24.8 Å². The highest BCUT2D eigenvalue weighted by atomic mass is 16.5. The number of rotatable bonds is 7. The summed E-state index contributed by atoms with van der Waals surface area (Å²) in [6.45, 7) is 2.12. The van der Waals surface area contributed by atoms with Gasteiger partial charge in [-0.25, -0.2) is 0 Å². The maximum atomic E-state index is 12.0. The van der Waals surface area contributed by atoms with Gasteiger partial charge in [0.1, 0.15) is 11.8 Å². The van der Waals surface area contributed by atoms with Gasteiger partial charge in [0.15, 0.2) is 0 Å². The van der Waals surface area contributed by atoms with Crippen molar-refractivity contribution in [1.82, 2.24) is 5.32 Å². The molecular weight excluding hydrogens is 300 g/mol. The minimum Gasteiger partial charge on any atom is -0.494 e. The lowest BCUT2D eigenvalue weighted by Gasteiger charge is -2.22. The van der Waals surface area contributed by atoms with Crippen molar-refractivity contribution in [3.8, 4) is 5.75 Å². The molecule has 1 heterocycles. The van der Waals surface area contributed by atoms with E-state index >= 15 is 0 Å². The summed E-state index contributed by atoms with van der Waals surface area (Å²) in [6, 6.07) is 6.78. The first-order valence-electron chi connectivity index (χ1n) is 7.60. The summed E-state index contributed by atoms with van der Waals surface area (Å²) >= 11 is 0. The quantitative estimate of drug-likeness (QED) is 0.574. The van der Waals surface area contributed by atoms with Crippen molar-refractivity contribution < 1.29 is 23.8 Å². The van der Waals surface area contributed by atoms with E-state index < -0.39 is 0 Å². The molecule has 7 nitrogen and oxygen atoms in total. The number of ether oxygens (including phenoxy) is 3. The molecule has 1 aromatic carbocycles. The van der Waals surface area contributed by atoms with Crippen molar-refractivity contribution in [3.63, 3.8) is 0 Å². The van der Waals surface area contributed by atoms with Crippen LogP contribution in [0.2, 0.25) is 0 Å². The SMILES string of the molecule is COC(=O)CCCOc1ccc(NC(=O)C2COCCN2)cc1. The van der Waals surface area contributed by atoms with E-state index in [1.54, 1.807) is 24.3 Å². The highest BCUT2D eigenvalue weighted by Gasteiger charge is 2.20. The second kappa shape index (κ2) is 9.12. The van der Waals surface area contributed by atoms with Gasteiger partial charge in [0, 0.05) is 18.7 Å². The van der Waals surface area contributed by atoms with Crippen molar-refractivity contribution >= 4 is 17.6 Å². The standard InChI is InChI=1S/C16H22N2O5/c1-21-15(19)3-2-9-23-13-6-4-12(5-7-13)18-16(20)14-11-22-10-8-17-14/h4-7,14,17H,2-3,8-11H2,1H3,(H,18,20). The van der Waals surface area contributed by atoms with Gasteiger partial charge in [0.2, 0.25) is 5.91 Å². The summed E-state index contributed by atoms with van der Waals surface area (Å²) in [5, 5.41) is 5.93. The lowest BCUT2D eigenvalue weighted by molar-refractivity contribution is -0.140. The molecule has 1 fully saturated rings. The second-order valence-corrected chi connectivity index (χ2v) is 5.12. The van der Waals surface area contributed by atoms with Crippen LogP contribution in [0.1, 0.15) is 12.8 Å². The molecule has 1 atom stereocenters. The number of hydrogen-bond acceptors (Lipinski definition) is 6. The van der Waals surface area contributed by atoms with Gasteiger partial charge in [0.05, 0.1) is 26.9 Å². The molecule has 1 amide bonds. The van der Waals surface area contributed by atoms with Crippen LogP contribution in [0.3, 0.4) is 0 Å². The predicted octanol–water partition coefficient (Wildman–Crippen LogP) is 0.945. The van der Waals surface area contributed by atoms with E-state index in [-0.39, 0.29) is 17.9 Å². The zero-order valence-corrected chi connectivity index (χ0v) is 13.2. The lowest BCUT2D eigenvalue weighted by Crippen LogP contribution is -2.48. The molecule has 0 saturated carbocycles. The van der Waals surface area contributed by atoms with Crippen LogP contribution < -0.4 is 15.4 Å². The Morgan fingerprint density at radius 3 is 2.78 bits per heavy atom. The van der Waals surface area contributed by atoms with Gasteiger partial charge in [0.25, 0.3) is 0 Å². The number of carbonyl (C=O) groups is 2. The Bertz CT molecular complexity index is 512. The molecule has 2 rings (SSSR count). The number of methoxy groups -OCH3 is 1. The normalized spacial score (nSPS) is 17.3. The first-order valence-corrected chi connectivity index (χ1v) is 7.60. The number of carbonyl (C=O) groups excluding carboxylic acids is 2. The molecule has 7 heteroatoms. The Kier molecular flexibility index (Phi) is 6.83. The first kappa shape index (κ1) is 17.2. The molecule has 0 aliphatic carbocycles. The summed E-state index contributed by atoms with van der Waals surface area (Å²) in [6.07, 6.45) is 0.930. The van der Waals surface area contributed by atoms with Crippen LogP contribution in [-0.4, -0.2) is 51.4 Å². The zero-order valence-electron chi connectivity index (χ0n) is 13.2. The van der Waals surface area contributed by atoms with Crippen LogP contribution in [-0.2, 0) is 19.1 Å². The molecule has 0 spiro atoms. The van der Waals surface area contributed by atoms with Gasteiger partial charge >= 0.3 is 5.97 Å². The average Bonchev–Trinajstić information content (AvgIpc) is 2.60. The number of hydrogen-bond donors (Lipinski definition) is 2. The van der Waals surface area contributed by atoms with Crippen molar-refractivity contribution in [2.45, 2.75) is 18.9 Å². The van der Waals surface area contributed by atoms with Gasteiger partial charge in [-0.2, -0.15) is 0 Å². The summed E-state index contributed by atoms with van der Waals surface area (Å²) in [7, 11) is 1.37. The number of esters is 1. The van der Waals surface area contributed by atoms with Crippen molar-refractivity contribution in [2.75, 3.05) is 38.8 Å². The fourth-order valence-electron chi connectivity index (χ4n) is 2.11. The number of anilines is 1. The lowest BCUT2D eigenvalue weighted by atomic mass is 10.2. The molecule has 1 unspecified atom stereocenters. The molecule has 23 heavy (non-hydrogen) atoms. The highest BCUT2D eigenvalue weighted by Crippen LogP contribution is 2.16. The summed E-state index contributed by atoms with van der Waals surface area (Å²) in [4.78, 5) is 23.0. The average molecular weight is 322 g/mol. The van der Waals surface area contributed by atoms with Gasteiger partial charge in [-0.15, -0.1) is 0 Å². The second-order valence-electron chi connectivity index (χ2n) is 5.12. The van der Waals surface area contributed by atoms with Crippen LogP contribution in [0.25, 0.3) is 0 Å². The van der Waals surface area contributed by atoms with E-state index in [4.69, 9.17) is 9.47 Å². The molecule has 126 valence electrons. The Morgan fingerprint density at radius 2 is 2.13 bits per heavy atom. The Labute approximate surface area is 135 Å². The van der Waals surface area contributed by atoms with E-state index in [0.717, 1.165) is 0 Å². The van der Waals surface area contributed by atoms with E-state index in [2.05, 4.69) is 15.4 Å². The molecule has 1 saturated heterocycles. The summed E-state index contributed by atoms with van der Waals surface area (Å²) in [5.41, 5.74) is 0.698. The van der Waals surface area contributed by atoms with Gasteiger partial charge in [-0.05, 0) is 30.7 Å². The van der Waals surface area contributed by atoms with E-state index in [0.29, 0.717) is 50.6 Å². The smallest absolute Gasteiger partial charge is 0.305 e. The van der Waals surface area contributed by atoms with E-state index in [9.17, 15) is 9.59 Å². The minimum atomic E-state index is -0.321. The van der Waals surface area contributed by atoms with Crippen molar-refractivity contribution in [2.24, 2.45) is 0 Å². The maximum absolute atomic E-state index is 12.0. The summed E-state index contributed by atoms with van der Waals surface area (Å²) < 4.78 is 15.3. The Morgan fingerprint density at radius 1 is 1.35 bits per heavy atom. The highest BCUT2D eigenvalue weighted by molar-refractivity contribution is 5.95. The fourth-order valence-corrected chi connectivity index (χ4v) is 2.11. The number of benzene rings is 1. The minimum absolute atomic E-state index is 0.114. The molecule has 0 bridgehead atoms. The number of morpholine rings is 1. The van der Waals surface area contributed by atoms with Crippen molar-refractivity contribution in [3.05, 3.63) is 24.3 Å². The fraction of sp³-hybridized carbons (Fsp3) is 0.500. The van der Waals surface area contributed by atoms with Crippen LogP contribution in [0.5, 0.6) is 5.75 Å². The van der Waals surface area contributed by atoms with Crippen LogP contribution in [0, 0.1) is 0 Å². The van der Waals surface area contributed by atoms with Crippen LogP contribution >= 0.6 is 0 Å². The third-order valence-electron chi connectivity index (χ3n) is 3.38. The van der Waals surface area contributed by atoms with Crippen LogP contribution in [0.4, 0.5) is 5.69 Å². The first-order chi connectivity index (χ1) is 11.2. The molecule has 0 aromatic heterocycles. The molecule has 1 aliphatic heterocycles. The molecule has 2 N–H and O–H groups in total. The third-order valence-corrected chi connectivity index (χ3v) is 3.38. The molecule has 1 aromatic rings. The number of amides is 1. The zero-order chi connectivity index (χ0) is 16.5. The topological polar surface area (TPSA) is 85.9 Å². The number of nitrogens with one attached hydrogen (secondary N) is 2. The van der Waals surface area contributed by atoms with E-state index in [1.807, 2.05) is 0 Å². The molecular formula is C16H22N2O5. The predicted molar refractivity (Wildman–Crippen MR) is 84.4 cm³/mol. The van der Waals surface area contributed by atoms with Gasteiger partial charge in [-0.3, -0.25) is 9.59 Å². The molecule has 0 radical (unpaired) electrons. The Hall–Kier alpha value is -2.12. The monoisotopic (exact) mass is 322 g/mol. The van der Waals surface area contributed by atoms with Gasteiger partial charge in [-0.1, -0.05) is 0 Å². The largest absolute Gasteiger partial charge is 0.494 e. The van der Waals surface area contributed by atoms with Crippen LogP contribution in [0.15, 0.2) is 24.3 Å². The van der Waals surface area contributed by atoms with E-state index in [1.165, 1.54) is 7.11 Å².